The molecule has 0 bridgehead atoms. The summed E-state index contributed by atoms with van der Waals surface area (Å²) in [4.78, 5) is 10.8. The molecule has 0 radical (unpaired) electrons. The first-order valence-corrected chi connectivity index (χ1v) is 7.81. The molecule has 0 aliphatic rings. The van der Waals surface area contributed by atoms with E-state index in [2.05, 4.69) is 4.72 Å². The van der Waals surface area contributed by atoms with Gasteiger partial charge >= 0.3 is 12.1 Å². The summed E-state index contributed by atoms with van der Waals surface area (Å²) in [5, 5.41) is 1.85. The van der Waals surface area contributed by atoms with Crippen molar-refractivity contribution in [2.75, 3.05) is 11.0 Å². The number of amides is 1. The van der Waals surface area contributed by atoms with Crippen LogP contribution in [0, 0.1) is 0 Å². The average molecular weight is 324 g/mol. The van der Waals surface area contributed by atoms with Crippen LogP contribution in [0.25, 0.3) is 0 Å². The Hall–Kier alpha value is -1.77. The van der Waals surface area contributed by atoms with E-state index in [1.807, 2.05) is 5.32 Å². The van der Waals surface area contributed by atoms with E-state index in [0.717, 1.165) is 6.26 Å². The molecule has 1 aromatic carbocycles. The van der Waals surface area contributed by atoms with Gasteiger partial charge in [0.05, 0.1) is 6.26 Å². The molecule has 2 N–H and O–H groups in total. The van der Waals surface area contributed by atoms with Gasteiger partial charge in [0, 0.05) is 11.7 Å². The lowest BCUT2D eigenvalue weighted by Crippen LogP contribution is -2.42. The van der Waals surface area contributed by atoms with Crippen LogP contribution in [0.2, 0.25) is 0 Å². The Morgan fingerprint density at radius 1 is 1.24 bits per heavy atom. The van der Waals surface area contributed by atoms with Crippen molar-refractivity contribution in [3.8, 4) is 0 Å². The Bertz CT molecular complexity index is 597. The predicted molar refractivity (Wildman–Crippen MR) is 72.3 cm³/mol. The fraction of sp³-hybridized carbons (Fsp3) is 0.417. The maximum Gasteiger partial charge on any atom is 0.471 e. The Balaban J connectivity index is 2.62. The van der Waals surface area contributed by atoms with Crippen LogP contribution in [-0.4, -0.2) is 32.8 Å². The molecule has 0 aromatic heterocycles. The van der Waals surface area contributed by atoms with E-state index in [4.69, 9.17) is 0 Å². The van der Waals surface area contributed by atoms with Gasteiger partial charge < -0.3 is 5.32 Å². The van der Waals surface area contributed by atoms with Gasteiger partial charge in [-0.05, 0) is 31.0 Å². The molecule has 1 aromatic rings. The van der Waals surface area contributed by atoms with E-state index >= 15 is 0 Å². The minimum absolute atomic E-state index is 0.195. The average Bonchev–Trinajstić information content (AvgIpc) is 2.28. The molecule has 0 saturated heterocycles. The minimum Gasteiger partial charge on any atom is -0.345 e. The molecular weight excluding hydrogens is 309 g/mol. The number of halogens is 3. The molecular formula is C12H15F3N2O3S. The lowest BCUT2D eigenvalue weighted by molar-refractivity contribution is -0.174. The van der Waals surface area contributed by atoms with Crippen molar-refractivity contribution >= 4 is 21.6 Å². The van der Waals surface area contributed by atoms with Crippen LogP contribution in [0.3, 0.4) is 0 Å². The largest absolute Gasteiger partial charge is 0.471 e. The Morgan fingerprint density at radius 3 is 2.19 bits per heavy atom. The van der Waals surface area contributed by atoms with Gasteiger partial charge in [-0.15, -0.1) is 0 Å². The van der Waals surface area contributed by atoms with E-state index in [9.17, 15) is 26.4 Å². The van der Waals surface area contributed by atoms with Gasteiger partial charge in [-0.1, -0.05) is 12.1 Å². The topological polar surface area (TPSA) is 75.3 Å². The SMILES string of the molecule is C[C@@H](Cc1ccc(NS(C)(=O)=O)cc1)NC(=O)C(F)(F)F. The summed E-state index contributed by atoms with van der Waals surface area (Å²) in [5.74, 6) is -1.98. The maximum atomic E-state index is 12.1. The smallest absolute Gasteiger partial charge is 0.345 e. The number of benzene rings is 1. The van der Waals surface area contributed by atoms with Gasteiger partial charge in [0.25, 0.3) is 0 Å². The van der Waals surface area contributed by atoms with Crippen molar-refractivity contribution in [1.82, 2.24) is 5.32 Å². The highest BCUT2D eigenvalue weighted by atomic mass is 32.2. The van der Waals surface area contributed by atoms with E-state index in [1.54, 1.807) is 12.1 Å². The standard InChI is InChI=1S/C12H15F3N2O3S/c1-8(16-11(18)12(13,14)15)7-9-3-5-10(6-4-9)17-21(2,19)20/h3-6,8,17H,7H2,1-2H3,(H,16,18)/t8-/m0/s1. The summed E-state index contributed by atoms with van der Waals surface area (Å²) in [5.41, 5.74) is 1.03. The zero-order valence-electron chi connectivity index (χ0n) is 11.4. The number of sulfonamides is 1. The van der Waals surface area contributed by atoms with Crippen LogP contribution < -0.4 is 10.0 Å². The molecule has 0 spiro atoms. The molecule has 0 saturated carbocycles. The highest BCUT2D eigenvalue weighted by Crippen LogP contribution is 2.16. The number of hydrogen-bond donors (Lipinski definition) is 2. The van der Waals surface area contributed by atoms with E-state index in [0.29, 0.717) is 11.3 Å². The van der Waals surface area contributed by atoms with E-state index in [-0.39, 0.29) is 6.42 Å². The molecule has 21 heavy (non-hydrogen) atoms. The zero-order chi connectivity index (χ0) is 16.3. The molecule has 1 rings (SSSR count). The highest BCUT2D eigenvalue weighted by molar-refractivity contribution is 7.92. The third kappa shape index (κ3) is 6.48. The third-order valence-electron chi connectivity index (χ3n) is 2.43. The fourth-order valence-electron chi connectivity index (χ4n) is 1.63. The molecule has 5 nitrogen and oxygen atoms in total. The van der Waals surface area contributed by atoms with Crippen LogP contribution in [0.5, 0.6) is 0 Å². The molecule has 0 heterocycles. The van der Waals surface area contributed by atoms with Crippen LogP contribution >= 0.6 is 0 Å². The van der Waals surface area contributed by atoms with Crippen molar-refractivity contribution in [2.24, 2.45) is 0 Å². The fourth-order valence-corrected chi connectivity index (χ4v) is 2.20. The normalized spacial score (nSPS) is 13.6. The van der Waals surface area contributed by atoms with Gasteiger partial charge in [0.1, 0.15) is 0 Å². The molecule has 9 heteroatoms. The van der Waals surface area contributed by atoms with Crippen molar-refractivity contribution < 1.29 is 26.4 Å². The van der Waals surface area contributed by atoms with Gasteiger partial charge in [-0.3, -0.25) is 9.52 Å². The zero-order valence-corrected chi connectivity index (χ0v) is 12.2. The lowest BCUT2D eigenvalue weighted by atomic mass is 10.1. The second-order valence-electron chi connectivity index (χ2n) is 4.65. The summed E-state index contributed by atoms with van der Waals surface area (Å²) < 4.78 is 60.5. The number of anilines is 1. The summed E-state index contributed by atoms with van der Waals surface area (Å²) in [6, 6.07) is 5.43. The van der Waals surface area contributed by atoms with Gasteiger partial charge in [-0.2, -0.15) is 13.2 Å². The monoisotopic (exact) mass is 324 g/mol. The van der Waals surface area contributed by atoms with Crippen LogP contribution in [0.1, 0.15) is 12.5 Å². The first kappa shape index (κ1) is 17.3. The molecule has 0 unspecified atom stereocenters. The summed E-state index contributed by atoms with van der Waals surface area (Å²) in [7, 11) is -3.38. The Labute approximate surface area is 120 Å². The minimum atomic E-state index is -4.91. The van der Waals surface area contributed by atoms with Crippen molar-refractivity contribution in [3.05, 3.63) is 29.8 Å². The first-order valence-electron chi connectivity index (χ1n) is 5.92. The molecule has 1 atom stereocenters. The highest BCUT2D eigenvalue weighted by Gasteiger charge is 2.39. The predicted octanol–water partition coefficient (Wildman–Crippen LogP) is 1.67. The maximum absolute atomic E-state index is 12.1. The number of alkyl halides is 3. The summed E-state index contributed by atoms with van der Waals surface area (Å²) in [6.07, 6.45) is -3.70. The third-order valence-corrected chi connectivity index (χ3v) is 3.04. The second kappa shape index (κ2) is 6.33. The molecule has 0 fully saturated rings. The van der Waals surface area contributed by atoms with Crippen molar-refractivity contribution in [1.29, 1.82) is 0 Å². The van der Waals surface area contributed by atoms with E-state index < -0.39 is 28.1 Å². The first-order chi connectivity index (χ1) is 9.47. The Kier molecular flexibility index (Phi) is 5.21. The number of carbonyl (C=O) groups is 1. The number of hydrogen-bond acceptors (Lipinski definition) is 3. The molecule has 0 aliphatic carbocycles. The van der Waals surface area contributed by atoms with E-state index in [1.165, 1.54) is 19.1 Å². The second-order valence-corrected chi connectivity index (χ2v) is 6.40. The molecule has 118 valence electrons. The van der Waals surface area contributed by atoms with Crippen LogP contribution in [0.4, 0.5) is 18.9 Å². The molecule has 1 amide bonds. The van der Waals surface area contributed by atoms with Gasteiger partial charge in [0.2, 0.25) is 10.0 Å². The number of carbonyl (C=O) groups excluding carboxylic acids is 1. The van der Waals surface area contributed by atoms with Crippen LogP contribution in [0.15, 0.2) is 24.3 Å². The van der Waals surface area contributed by atoms with Crippen molar-refractivity contribution in [3.63, 3.8) is 0 Å². The lowest BCUT2D eigenvalue weighted by Gasteiger charge is -2.15. The Morgan fingerprint density at radius 2 is 1.76 bits per heavy atom. The van der Waals surface area contributed by atoms with Gasteiger partial charge in [0.15, 0.2) is 0 Å². The van der Waals surface area contributed by atoms with Crippen molar-refractivity contribution in [2.45, 2.75) is 25.6 Å². The summed E-state index contributed by atoms with van der Waals surface area (Å²) >= 11 is 0. The summed E-state index contributed by atoms with van der Waals surface area (Å²) in [6.45, 7) is 1.45. The molecule has 0 aliphatic heterocycles. The number of nitrogens with one attached hydrogen (secondary N) is 2. The van der Waals surface area contributed by atoms with Crippen LogP contribution in [-0.2, 0) is 21.2 Å². The number of rotatable bonds is 5. The van der Waals surface area contributed by atoms with Gasteiger partial charge in [-0.25, -0.2) is 8.42 Å². The quantitative estimate of drug-likeness (QED) is 0.865.